The number of ether oxygens (including phenoxy) is 2. The van der Waals surface area contributed by atoms with Crippen LogP contribution < -0.4 is 9.47 Å². The fraction of sp³-hybridized carbons (Fsp3) is 0.200. The maximum Gasteiger partial charge on any atom is 0.136 e. The molecule has 2 rings (SSSR count). The first-order valence-electron chi connectivity index (χ1n) is 5.90. The van der Waals surface area contributed by atoms with Gasteiger partial charge in [-0.05, 0) is 65.9 Å². The van der Waals surface area contributed by atoms with E-state index in [1.165, 1.54) is 0 Å². The van der Waals surface area contributed by atoms with Gasteiger partial charge in [0.15, 0.2) is 0 Å². The lowest BCUT2D eigenvalue weighted by Gasteiger charge is -2.16. The topological polar surface area (TPSA) is 38.7 Å². The number of benzene rings is 2. The van der Waals surface area contributed by atoms with E-state index in [-0.39, 0.29) is 0 Å². The summed E-state index contributed by atoms with van der Waals surface area (Å²) in [4.78, 5) is 0. The van der Waals surface area contributed by atoms with Crippen LogP contribution in [-0.2, 0) is 0 Å². The molecule has 1 atom stereocenters. The molecule has 0 radical (unpaired) electrons. The fourth-order valence-corrected chi connectivity index (χ4v) is 2.19. The van der Waals surface area contributed by atoms with Gasteiger partial charge in [-0.1, -0.05) is 6.07 Å². The third kappa shape index (κ3) is 3.39. The minimum Gasteiger partial charge on any atom is -0.496 e. The van der Waals surface area contributed by atoms with Crippen molar-refractivity contribution in [2.75, 3.05) is 7.11 Å². The lowest BCUT2D eigenvalue weighted by molar-refractivity contribution is 0.190. The van der Waals surface area contributed by atoms with E-state index in [9.17, 15) is 5.11 Å². The Hall–Kier alpha value is -1.27. The monoisotopic (exact) mass is 370 g/mol. The molecule has 0 aliphatic rings. The van der Waals surface area contributed by atoms with E-state index in [4.69, 9.17) is 9.47 Å². The highest BCUT2D eigenvalue weighted by atomic mass is 127. The summed E-state index contributed by atoms with van der Waals surface area (Å²) in [6, 6.07) is 13.2. The number of hydrogen-bond donors (Lipinski definition) is 1. The number of hydrogen-bond acceptors (Lipinski definition) is 3. The molecule has 0 amide bonds. The second kappa shape index (κ2) is 6.25. The molecule has 0 aliphatic carbocycles. The van der Waals surface area contributed by atoms with Gasteiger partial charge in [-0.2, -0.15) is 0 Å². The van der Waals surface area contributed by atoms with Crippen LogP contribution in [0, 0.1) is 3.57 Å². The molecule has 0 aliphatic heterocycles. The van der Waals surface area contributed by atoms with Crippen LogP contribution in [0.1, 0.15) is 18.6 Å². The summed E-state index contributed by atoms with van der Waals surface area (Å²) >= 11 is 2.24. The van der Waals surface area contributed by atoms with E-state index < -0.39 is 6.10 Å². The maximum absolute atomic E-state index is 9.88. The van der Waals surface area contributed by atoms with Crippen molar-refractivity contribution in [2.24, 2.45) is 0 Å². The van der Waals surface area contributed by atoms with Crippen LogP contribution in [-0.4, -0.2) is 12.2 Å². The average Bonchev–Trinajstić information content (AvgIpc) is 2.40. The number of methoxy groups -OCH3 is 1. The van der Waals surface area contributed by atoms with Crippen molar-refractivity contribution in [2.45, 2.75) is 13.0 Å². The Morgan fingerprint density at radius 2 is 1.68 bits per heavy atom. The molecule has 0 aromatic heterocycles. The zero-order valence-electron chi connectivity index (χ0n) is 10.8. The van der Waals surface area contributed by atoms with Crippen LogP contribution in [0.25, 0.3) is 0 Å². The molecule has 2 aromatic rings. The first-order chi connectivity index (χ1) is 9.11. The van der Waals surface area contributed by atoms with E-state index in [2.05, 4.69) is 22.6 Å². The second-order valence-corrected chi connectivity index (χ2v) is 5.35. The van der Waals surface area contributed by atoms with Crippen molar-refractivity contribution in [1.29, 1.82) is 0 Å². The number of aliphatic hydroxyl groups is 1. The largest absolute Gasteiger partial charge is 0.496 e. The summed E-state index contributed by atoms with van der Waals surface area (Å²) in [6.07, 6.45) is -0.657. The molecule has 4 heteroatoms. The normalized spacial score (nSPS) is 12.0. The summed E-state index contributed by atoms with van der Waals surface area (Å²) in [5.41, 5.74) is 0.656. The van der Waals surface area contributed by atoms with Crippen molar-refractivity contribution >= 4 is 22.6 Å². The Morgan fingerprint density at radius 1 is 1.05 bits per heavy atom. The van der Waals surface area contributed by atoms with Crippen LogP contribution in [0.2, 0.25) is 0 Å². The van der Waals surface area contributed by atoms with Gasteiger partial charge in [-0.15, -0.1) is 0 Å². The Morgan fingerprint density at radius 3 is 2.26 bits per heavy atom. The highest BCUT2D eigenvalue weighted by Gasteiger charge is 2.15. The van der Waals surface area contributed by atoms with Gasteiger partial charge < -0.3 is 14.6 Å². The van der Waals surface area contributed by atoms with E-state index in [0.29, 0.717) is 17.1 Å². The third-order valence-electron chi connectivity index (χ3n) is 2.71. The summed E-state index contributed by atoms with van der Waals surface area (Å²) in [5, 5.41) is 9.88. The molecule has 0 fully saturated rings. The maximum atomic E-state index is 9.88. The van der Waals surface area contributed by atoms with Gasteiger partial charge in [0.2, 0.25) is 0 Å². The molecule has 0 saturated heterocycles. The first-order valence-corrected chi connectivity index (χ1v) is 6.98. The van der Waals surface area contributed by atoms with Gasteiger partial charge in [-0.25, -0.2) is 0 Å². The number of aliphatic hydroxyl groups excluding tert-OH is 1. The predicted octanol–water partition coefficient (Wildman–Crippen LogP) is 4.15. The van der Waals surface area contributed by atoms with Crippen molar-refractivity contribution in [3.63, 3.8) is 0 Å². The van der Waals surface area contributed by atoms with Gasteiger partial charge >= 0.3 is 0 Å². The minimum absolute atomic E-state index is 0.607. The lowest BCUT2D eigenvalue weighted by Crippen LogP contribution is -2.00. The van der Waals surface area contributed by atoms with Crippen LogP contribution >= 0.6 is 22.6 Å². The average molecular weight is 370 g/mol. The molecule has 0 heterocycles. The Labute approximate surface area is 126 Å². The molecular formula is C15H15IO3. The van der Waals surface area contributed by atoms with Crippen LogP contribution in [0.15, 0.2) is 42.5 Å². The highest BCUT2D eigenvalue weighted by molar-refractivity contribution is 14.1. The molecule has 0 bridgehead atoms. The Kier molecular flexibility index (Phi) is 4.66. The van der Waals surface area contributed by atoms with E-state index >= 15 is 0 Å². The van der Waals surface area contributed by atoms with E-state index in [1.807, 2.05) is 42.5 Å². The zero-order chi connectivity index (χ0) is 13.8. The summed E-state index contributed by atoms with van der Waals surface area (Å²) in [7, 11) is 1.58. The molecule has 0 saturated carbocycles. The smallest absolute Gasteiger partial charge is 0.136 e. The Balaban J connectivity index is 2.36. The van der Waals surface area contributed by atoms with Crippen LogP contribution in [0.5, 0.6) is 17.2 Å². The quantitative estimate of drug-likeness (QED) is 0.822. The molecule has 3 nitrogen and oxygen atoms in total. The summed E-state index contributed by atoms with van der Waals surface area (Å²) in [6.45, 7) is 1.69. The SMILES string of the molecule is COc1cccc(Oc2ccc(I)cc2)c1[C@@H](C)O. The van der Waals surface area contributed by atoms with Gasteiger partial charge in [0.25, 0.3) is 0 Å². The Bertz CT molecular complexity index is 550. The predicted molar refractivity (Wildman–Crippen MR) is 82.9 cm³/mol. The number of rotatable bonds is 4. The van der Waals surface area contributed by atoms with Crippen LogP contribution in [0.4, 0.5) is 0 Å². The highest BCUT2D eigenvalue weighted by Crippen LogP contribution is 2.36. The second-order valence-electron chi connectivity index (χ2n) is 4.10. The fourth-order valence-electron chi connectivity index (χ4n) is 1.83. The molecule has 0 unspecified atom stereocenters. The molecule has 100 valence electrons. The molecule has 2 aromatic carbocycles. The number of halogens is 1. The van der Waals surface area contributed by atoms with E-state index in [1.54, 1.807) is 14.0 Å². The van der Waals surface area contributed by atoms with Gasteiger partial charge in [0, 0.05) is 3.57 Å². The third-order valence-corrected chi connectivity index (χ3v) is 3.42. The van der Waals surface area contributed by atoms with Crippen LogP contribution in [0.3, 0.4) is 0 Å². The van der Waals surface area contributed by atoms with Crippen molar-refractivity contribution in [1.82, 2.24) is 0 Å². The van der Waals surface area contributed by atoms with Gasteiger partial charge in [0.05, 0.1) is 18.8 Å². The van der Waals surface area contributed by atoms with Crippen molar-refractivity contribution < 1.29 is 14.6 Å². The summed E-state index contributed by atoms with van der Waals surface area (Å²) in [5.74, 6) is 1.96. The van der Waals surface area contributed by atoms with Crippen molar-refractivity contribution in [3.05, 3.63) is 51.6 Å². The zero-order valence-corrected chi connectivity index (χ0v) is 12.9. The van der Waals surface area contributed by atoms with Gasteiger partial charge in [0.1, 0.15) is 17.2 Å². The van der Waals surface area contributed by atoms with Crippen molar-refractivity contribution in [3.8, 4) is 17.2 Å². The standard InChI is InChI=1S/C15H15IO3/c1-10(17)15-13(18-2)4-3-5-14(15)19-12-8-6-11(16)7-9-12/h3-10,17H,1-2H3/t10-/m1/s1. The van der Waals surface area contributed by atoms with E-state index in [0.717, 1.165) is 9.32 Å². The minimum atomic E-state index is -0.657. The molecule has 19 heavy (non-hydrogen) atoms. The first kappa shape index (κ1) is 14.1. The molecular weight excluding hydrogens is 355 g/mol. The molecule has 0 spiro atoms. The lowest BCUT2D eigenvalue weighted by atomic mass is 10.1. The molecule has 1 N–H and O–H groups in total. The summed E-state index contributed by atoms with van der Waals surface area (Å²) < 4.78 is 12.2. The van der Waals surface area contributed by atoms with Gasteiger partial charge in [-0.3, -0.25) is 0 Å².